The van der Waals surface area contributed by atoms with Crippen molar-refractivity contribution in [3.8, 4) is 5.75 Å². The predicted octanol–water partition coefficient (Wildman–Crippen LogP) is 3.06. The molecule has 2 aromatic rings. The average molecular weight is 337 g/mol. The lowest BCUT2D eigenvalue weighted by Gasteiger charge is -2.21. The lowest BCUT2D eigenvalue weighted by molar-refractivity contribution is -0.139. The number of likely N-dealkylation sites (N-methyl/N-ethyl adjacent to an activating group) is 1. The summed E-state index contributed by atoms with van der Waals surface area (Å²) >= 11 is 0. The van der Waals surface area contributed by atoms with Crippen molar-refractivity contribution >= 4 is 17.4 Å². The van der Waals surface area contributed by atoms with E-state index in [1.54, 1.807) is 50.6 Å². The van der Waals surface area contributed by atoms with E-state index in [0.717, 1.165) is 11.1 Å². The molecule has 1 amide bonds. The topological polar surface area (TPSA) is 66.8 Å². The molecule has 1 saturated heterocycles. The Morgan fingerprint density at radius 3 is 2.20 bits per heavy atom. The third-order valence-electron chi connectivity index (χ3n) is 4.43. The molecule has 1 aliphatic heterocycles. The van der Waals surface area contributed by atoms with Crippen LogP contribution in [0.1, 0.15) is 22.7 Å². The molecule has 5 heteroatoms. The van der Waals surface area contributed by atoms with Gasteiger partial charge in [-0.05, 0) is 24.6 Å². The first kappa shape index (κ1) is 16.8. The highest BCUT2D eigenvalue weighted by Gasteiger charge is 2.44. The largest absolute Gasteiger partial charge is 0.507 e. The summed E-state index contributed by atoms with van der Waals surface area (Å²) in [6.07, 6.45) is 0. The van der Waals surface area contributed by atoms with Gasteiger partial charge in [0.15, 0.2) is 0 Å². The number of rotatable bonds is 3. The summed E-state index contributed by atoms with van der Waals surface area (Å²) in [4.78, 5) is 26.0. The number of aryl methyl sites for hydroxylation is 1. The fourth-order valence-corrected chi connectivity index (χ4v) is 2.99. The van der Waals surface area contributed by atoms with Crippen molar-refractivity contribution in [2.45, 2.75) is 13.0 Å². The van der Waals surface area contributed by atoms with Gasteiger partial charge in [0.05, 0.1) is 18.7 Å². The normalized spacial score (nSPS) is 19.3. The predicted molar refractivity (Wildman–Crippen MR) is 94.2 cm³/mol. The van der Waals surface area contributed by atoms with Crippen LogP contribution in [-0.2, 0) is 9.59 Å². The van der Waals surface area contributed by atoms with E-state index < -0.39 is 17.7 Å². The zero-order valence-corrected chi connectivity index (χ0v) is 14.3. The van der Waals surface area contributed by atoms with E-state index in [4.69, 9.17) is 4.74 Å². The third-order valence-corrected chi connectivity index (χ3v) is 4.43. The summed E-state index contributed by atoms with van der Waals surface area (Å²) in [6, 6.07) is 13.6. The Balaban J connectivity index is 2.13. The number of amides is 1. The third kappa shape index (κ3) is 2.89. The van der Waals surface area contributed by atoms with Crippen LogP contribution < -0.4 is 4.74 Å². The van der Waals surface area contributed by atoms with Crippen molar-refractivity contribution in [3.05, 3.63) is 70.8 Å². The maximum absolute atomic E-state index is 12.5. The Morgan fingerprint density at radius 1 is 1.04 bits per heavy atom. The Labute approximate surface area is 146 Å². The van der Waals surface area contributed by atoms with Gasteiger partial charge in [-0.1, -0.05) is 42.0 Å². The Bertz CT molecular complexity index is 850. The number of Topliss-reactive ketones (excluding diaryl/α,β-unsaturated/α-hetero) is 1. The molecule has 1 N–H and O–H groups in total. The summed E-state index contributed by atoms with van der Waals surface area (Å²) in [6.45, 7) is 1.94. The number of nitrogens with zero attached hydrogens (tertiary/aromatic N) is 1. The van der Waals surface area contributed by atoms with Gasteiger partial charge < -0.3 is 14.7 Å². The highest BCUT2D eigenvalue weighted by molar-refractivity contribution is 6.46. The van der Waals surface area contributed by atoms with Gasteiger partial charge in [-0.2, -0.15) is 0 Å². The molecule has 0 unspecified atom stereocenters. The molecule has 0 saturated carbocycles. The molecule has 1 fully saturated rings. The molecule has 0 aliphatic carbocycles. The van der Waals surface area contributed by atoms with Crippen molar-refractivity contribution in [3.63, 3.8) is 0 Å². The lowest BCUT2D eigenvalue weighted by Crippen LogP contribution is -2.24. The lowest BCUT2D eigenvalue weighted by atomic mass is 9.95. The summed E-state index contributed by atoms with van der Waals surface area (Å²) in [5, 5.41) is 10.7. The van der Waals surface area contributed by atoms with E-state index >= 15 is 0 Å². The van der Waals surface area contributed by atoms with Crippen molar-refractivity contribution < 1.29 is 19.4 Å². The minimum absolute atomic E-state index is 0.0986. The molecule has 25 heavy (non-hydrogen) atoms. The van der Waals surface area contributed by atoms with Gasteiger partial charge in [-0.3, -0.25) is 9.59 Å². The molecule has 5 nitrogen and oxygen atoms in total. The fraction of sp³-hybridized carbons (Fsp3) is 0.200. The number of ether oxygens (including phenoxy) is 1. The van der Waals surface area contributed by atoms with Crippen LogP contribution in [0, 0.1) is 6.92 Å². The van der Waals surface area contributed by atoms with Crippen LogP contribution in [0.25, 0.3) is 5.76 Å². The van der Waals surface area contributed by atoms with Gasteiger partial charge in [-0.15, -0.1) is 0 Å². The van der Waals surface area contributed by atoms with Crippen LogP contribution in [0.15, 0.2) is 54.1 Å². The number of benzene rings is 2. The second-order valence-electron chi connectivity index (χ2n) is 6.05. The van der Waals surface area contributed by atoms with Crippen LogP contribution in [0.5, 0.6) is 5.75 Å². The zero-order chi connectivity index (χ0) is 18.1. The highest BCUT2D eigenvalue weighted by Crippen LogP contribution is 2.38. The van der Waals surface area contributed by atoms with E-state index in [-0.39, 0.29) is 11.3 Å². The molecule has 2 aromatic carbocycles. The monoisotopic (exact) mass is 337 g/mol. The minimum atomic E-state index is -0.679. The van der Waals surface area contributed by atoms with Crippen molar-refractivity contribution in [1.82, 2.24) is 4.90 Å². The number of likely N-dealkylation sites (tertiary alicyclic amines) is 1. The molecule has 0 bridgehead atoms. The van der Waals surface area contributed by atoms with E-state index in [1.165, 1.54) is 4.90 Å². The SMILES string of the molecule is COc1ccc([C@H]2/C(=C(\O)c3ccc(C)cc3)C(=O)C(=O)N2C)cc1. The van der Waals surface area contributed by atoms with Crippen LogP contribution in [-0.4, -0.2) is 35.9 Å². The van der Waals surface area contributed by atoms with Crippen LogP contribution in [0.3, 0.4) is 0 Å². The first-order valence-corrected chi connectivity index (χ1v) is 7.89. The average Bonchev–Trinajstić information content (AvgIpc) is 2.86. The summed E-state index contributed by atoms with van der Waals surface area (Å²) in [7, 11) is 3.13. The van der Waals surface area contributed by atoms with Crippen molar-refractivity contribution in [2.24, 2.45) is 0 Å². The van der Waals surface area contributed by atoms with Gasteiger partial charge in [0.25, 0.3) is 11.7 Å². The minimum Gasteiger partial charge on any atom is -0.507 e. The fourth-order valence-electron chi connectivity index (χ4n) is 2.99. The Hall–Kier alpha value is -3.08. The maximum atomic E-state index is 12.5. The summed E-state index contributed by atoms with van der Waals surface area (Å²) in [5.41, 5.74) is 2.38. The molecule has 3 rings (SSSR count). The van der Waals surface area contributed by atoms with E-state index in [0.29, 0.717) is 11.3 Å². The van der Waals surface area contributed by atoms with Crippen LogP contribution in [0.4, 0.5) is 0 Å². The molecular weight excluding hydrogens is 318 g/mol. The molecule has 0 aromatic heterocycles. The second kappa shape index (κ2) is 6.43. The molecule has 1 aliphatic rings. The van der Waals surface area contributed by atoms with Gasteiger partial charge in [-0.25, -0.2) is 0 Å². The molecular formula is C20H19NO4. The number of aliphatic hydroxyl groups is 1. The molecule has 0 radical (unpaired) electrons. The quantitative estimate of drug-likeness (QED) is 0.531. The van der Waals surface area contributed by atoms with Gasteiger partial charge in [0.1, 0.15) is 11.5 Å². The van der Waals surface area contributed by atoms with Crippen molar-refractivity contribution in [1.29, 1.82) is 0 Å². The number of hydrogen-bond acceptors (Lipinski definition) is 4. The first-order valence-electron chi connectivity index (χ1n) is 7.89. The molecule has 128 valence electrons. The Kier molecular flexibility index (Phi) is 4.31. The highest BCUT2D eigenvalue weighted by atomic mass is 16.5. The van der Waals surface area contributed by atoms with E-state index in [9.17, 15) is 14.7 Å². The Morgan fingerprint density at radius 2 is 1.64 bits per heavy atom. The van der Waals surface area contributed by atoms with Crippen LogP contribution >= 0.6 is 0 Å². The molecule has 1 heterocycles. The van der Waals surface area contributed by atoms with Gasteiger partial charge in [0.2, 0.25) is 0 Å². The number of aliphatic hydroxyl groups excluding tert-OH is 1. The second-order valence-corrected chi connectivity index (χ2v) is 6.05. The summed E-state index contributed by atoms with van der Waals surface area (Å²) < 4.78 is 5.15. The molecule has 0 spiro atoms. The first-order chi connectivity index (χ1) is 11.9. The summed E-state index contributed by atoms with van der Waals surface area (Å²) in [5.74, 6) is -0.797. The number of carbonyl (C=O) groups excluding carboxylic acids is 2. The van der Waals surface area contributed by atoms with E-state index in [1.807, 2.05) is 19.1 Å². The smallest absolute Gasteiger partial charge is 0.295 e. The van der Waals surface area contributed by atoms with E-state index in [2.05, 4.69) is 0 Å². The molecule has 1 atom stereocenters. The number of ketones is 1. The van der Waals surface area contributed by atoms with Gasteiger partial charge in [0, 0.05) is 12.6 Å². The number of hydrogen-bond donors (Lipinski definition) is 1. The number of methoxy groups -OCH3 is 1. The van der Waals surface area contributed by atoms with Crippen LogP contribution in [0.2, 0.25) is 0 Å². The number of carbonyl (C=O) groups is 2. The maximum Gasteiger partial charge on any atom is 0.295 e. The van der Waals surface area contributed by atoms with Crippen molar-refractivity contribution in [2.75, 3.05) is 14.2 Å². The standard InChI is InChI=1S/C20H19NO4/c1-12-4-6-14(7-5-12)18(22)16-17(21(2)20(24)19(16)23)13-8-10-15(25-3)11-9-13/h4-11,17,22H,1-3H3/b18-16+/t17-/m0/s1. The zero-order valence-electron chi connectivity index (χ0n) is 14.3. The van der Waals surface area contributed by atoms with Gasteiger partial charge >= 0.3 is 0 Å².